The van der Waals surface area contributed by atoms with Gasteiger partial charge in [-0.15, -0.1) is 0 Å². The summed E-state index contributed by atoms with van der Waals surface area (Å²) in [7, 11) is 1.40. The zero-order valence-corrected chi connectivity index (χ0v) is 9.70. The van der Waals surface area contributed by atoms with Gasteiger partial charge in [-0.1, -0.05) is 0 Å². The molecule has 6 heteroatoms. The minimum absolute atomic E-state index is 0.0418. The summed E-state index contributed by atoms with van der Waals surface area (Å²) >= 11 is 0. The van der Waals surface area contributed by atoms with Crippen LogP contribution >= 0.6 is 0 Å². The molecule has 0 aliphatic rings. The largest absolute Gasteiger partial charge is 0.398 e. The monoisotopic (exact) mass is 255 g/mol. The number of nitrogen functional groups attached to an aromatic ring is 1. The van der Waals surface area contributed by atoms with E-state index in [4.69, 9.17) is 5.73 Å². The van der Waals surface area contributed by atoms with Gasteiger partial charge in [-0.25, -0.2) is 13.2 Å². The summed E-state index contributed by atoms with van der Waals surface area (Å²) in [5.41, 5.74) is 6.25. The fourth-order valence-electron chi connectivity index (χ4n) is 1.88. The van der Waals surface area contributed by atoms with Crippen LogP contribution in [-0.4, -0.2) is 25.0 Å². The number of nitrogens with zero attached hydrogens (tertiary/aromatic N) is 2. The summed E-state index contributed by atoms with van der Waals surface area (Å²) in [6.07, 6.45) is -1.08. The average Bonchev–Trinajstić information content (AvgIpc) is 2.28. The van der Waals surface area contributed by atoms with Crippen molar-refractivity contribution in [2.75, 3.05) is 24.2 Å². The van der Waals surface area contributed by atoms with Crippen LogP contribution in [0.5, 0.6) is 0 Å². The predicted octanol–water partition coefficient (Wildman–Crippen LogP) is 2.66. The molecule has 96 valence electrons. The lowest BCUT2D eigenvalue weighted by Gasteiger charge is -2.21. The fraction of sp³-hybridized carbons (Fsp3) is 0.250. The third-order valence-electron chi connectivity index (χ3n) is 2.65. The second kappa shape index (κ2) is 4.72. The van der Waals surface area contributed by atoms with E-state index in [0.29, 0.717) is 5.39 Å². The minimum atomic E-state index is -2.55. The lowest BCUT2D eigenvalue weighted by atomic mass is 10.1. The van der Waals surface area contributed by atoms with Crippen LogP contribution in [0.3, 0.4) is 0 Å². The first-order valence-electron chi connectivity index (χ1n) is 5.32. The number of benzene rings is 1. The van der Waals surface area contributed by atoms with Gasteiger partial charge in [-0.3, -0.25) is 4.98 Å². The summed E-state index contributed by atoms with van der Waals surface area (Å²) in [5, 5.41) is 0.551. The number of halogens is 3. The Kier molecular flexibility index (Phi) is 3.27. The summed E-state index contributed by atoms with van der Waals surface area (Å²) < 4.78 is 38.6. The van der Waals surface area contributed by atoms with Crippen molar-refractivity contribution in [3.63, 3.8) is 0 Å². The molecule has 1 aromatic heterocycles. The molecular formula is C12H12F3N3. The van der Waals surface area contributed by atoms with Crippen LogP contribution in [0.4, 0.5) is 24.5 Å². The van der Waals surface area contributed by atoms with Gasteiger partial charge >= 0.3 is 0 Å². The van der Waals surface area contributed by atoms with Gasteiger partial charge in [0.15, 0.2) is 5.82 Å². The molecule has 18 heavy (non-hydrogen) atoms. The summed E-state index contributed by atoms with van der Waals surface area (Å²) in [4.78, 5) is 5.17. The lowest BCUT2D eigenvalue weighted by molar-refractivity contribution is 0.156. The third kappa shape index (κ3) is 2.18. The van der Waals surface area contributed by atoms with Crippen LogP contribution in [0.2, 0.25) is 0 Å². The molecule has 0 unspecified atom stereocenters. The molecule has 0 saturated heterocycles. The molecule has 2 N–H and O–H groups in total. The Labute approximate surface area is 102 Å². The Bertz CT molecular complexity index is 572. The van der Waals surface area contributed by atoms with Gasteiger partial charge in [-0.2, -0.15) is 0 Å². The predicted molar refractivity (Wildman–Crippen MR) is 65.4 cm³/mol. The highest BCUT2D eigenvalue weighted by molar-refractivity contribution is 5.98. The Morgan fingerprint density at radius 1 is 1.44 bits per heavy atom. The molecule has 2 rings (SSSR count). The highest BCUT2D eigenvalue weighted by Crippen LogP contribution is 2.31. The number of rotatable bonds is 3. The lowest BCUT2D eigenvalue weighted by Crippen LogP contribution is -2.25. The summed E-state index contributed by atoms with van der Waals surface area (Å²) in [6, 6.07) is 4.46. The zero-order valence-electron chi connectivity index (χ0n) is 9.70. The van der Waals surface area contributed by atoms with Crippen LogP contribution in [-0.2, 0) is 0 Å². The normalized spacial score (nSPS) is 11.2. The molecule has 0 aliphatic heterocycles. The molecule has 0 fully saturated rings. The molecule has 0 spiro atoms. The van der Waals surface area contributed by atoms with E-state index in [0.717, 1.165) is 11.0 Å². The molecule has 1 heterocycles. The SMILES string of the molecule is CN(CC(F)F)c1c(F)cc(N)c2cccnc12. The van der Waals surface area contributed by atoms with Gasteiger partial charge in [0.25, 0.3) is 6.43 Å². The average molecular weight is 255 g/mol. The number of anilines is 2. The highest BCUT2D eigenvalue weighted by Gasteiger charge is 2.18. The zero-order chi connectivity index (χ0) is 13.3. The van der Waals surface area contributed by atoms with Crippen molar-refractivity contribution in [1.29, 1.82) is 0 Å². The summed E-state index contributed by atoms with van der Waals surface area (Å²) in [5.74, 6) is -0.651. The van der Waals surface area contributed by atoms with E-state index in [-0.39, 0.29) is 16.9 Å². The van der Waals surface area contributed by atoms with E-state index in [9.17, 15) is 13.2 Å². The minimum Gasteiger partial charge on any atom is -0.398 e. The standard InChI is InChI=1S/C12H12F3N3/c1-18(6-10(14)15)12-8(13)5-9(16)7-3-2-4-17-11(7)12/h2-5,10H,6,16H2,1H3. The van der Waals surface area contributed by atoms with E-state index in [1.807, 2.05) is 0 Å². The van der Waals surface area contributed by atoms with Gasteiger partial charge in [0, 0.05) is 24.3 Å². The van der Waals surface area contributed by atoms with Crippen LogP contribution in [0.15, 0.2) is 24.4 Å². The number of nitrogens with two attached hydrogens (primary N) is 1. The van der Waals surface area contributed by atoms with Gasteiger partial charge in [-0.05, 0) is 18.2 Å². The van der Waals surface area contributed by atoms with Crippen molar-refractivity contribution < 1.29 is 13.2 Å². The topological polar surface area (TPSA) is 42.1 Å². The second-order valence-electron chi connectivity index (χ2n) is 3.97. The molecule has 0 radical (unpaired) electrons. The van der Waals surface area contributed by atoms with E-state index in [1.54, 1.807) is 12.1 Å². The third-order valence-corrected chi connectivity index (χ3v) is 2.65. The van der Waals surface area contributed by atoms with E-state index in [1.165, 1.54) is 13.2 Å². The molecular weight excluding hydrogens is 243 g/mol. The van der Waals surface area contributed by atoms with Gasteiger partial charge in [0.05, 0.1) is 17.7 Å². The first-order chi connectivity index (χ1) is 8.50. The van der Waals surface area contributed by atoms with Crippen molar-refractivity contribution >= 4 is 22.3 Å². The van der Waals surface area contributed by atoms with Gasteiger partial charge in [0.1, 0.15) is 0 Å². The van der Waals surface area contributed by atoms with Crippen molar-refractivity contribution in [2.45, 2.75) is 6.43 Å². The quantitative estimate of drug-likeness (QED) is 0.857. The van der Waals surface area contributed by atoms with Crippen molar-refractivity contribution in [2.24, 2.45) is 0 Å². The molecule has 2 aromatic rings. The Morgan fingerprint density at radius 3 is 2.83 bits per heavy atom. The van der Waals surface area contributed by atoms with Crippen LogP contribution < -0.4 is 10.6 Å². The van der Waals surface area contributed by atoms with E-state index >= 15 is 0 Å². The number of aromatic nitrogens is 1. The fourth-order valence-corrected chi connectivity index (χ4v) is 1.88. The number of hydrogen-bond acceptors (Lipinski definition) is 3. The first-order valence-corrected chi connectivity index (χ1v) is 5.32. The molecule has 0 amide bonds. The van der Waals surface area contributed by atoms with Gasteiger partial charge < -0.3 is 10.6 Å². The maximum absolute atomic E-state index is 13.9. The van der Waals surface area contributed by atoms with E-state index in [2.05, 4.69) is 4.98 Å². The second-order valence-corrected chi connectivity index (χ2v) is 3.97. The highest BCUT2D eigenvalue weighted by atomic mass is 19.3. The molecule has 0 atom stereocenters. The smallest absolute Gasteiger partial charge is 0.255 e. The van der Waals surface area contributed by atoms with Crippen molar-refractivity contribution in [3.05, 3.63) is 30.2 Å². The Hall–Kier alpha value is -1.98. The Morgan fingerprint density at radius 2 is 2.17 bits per heavy atom. The van der Waals surface area contributed by atoms with Crippen LogP contribution in [0.25, 0.3) is 10.9 Å². The molecule has 3 nitrogen and oxygen atoms in total. The molecule has 1 aromatic carbocycles. The van der Waals surface area contributed by atoms with Gasteiger partial charge in [0.2, 0.25) is 0 Å². The Balaban J connectivity index is 2.62. The number of fused-ring (bicyclic) bond motifs is 1. The molecule has 0 saturated carbocycles. The van der Waals surface area contributed by atoms with Crippen molar-refractivity contribution in [1.82, 2.24) is 4.98 Å². The number of hydrogen-bond donors (Lipinski definition) is 1. The first kappa shape index (κ1) is 12.5. The van der Waals surface area contributed by atoms with Crippen LogP contribution in [0, 0.1) is 5.82 Å². The van der Waals surface area contributed by atoms with E-state index < -0.39 is 18.8 Å². The summed E-state index contributed by atoms with van der Waals surface area (Å²) in [6.45, 7) is -0.563. The van der Waals surface area contributed by atoms with Crippen molar-refractivity contribution in [3.8, 4) is 0 Å². The number of pyridine rings is 1. The molecule has 0 aliphatic carbocycles. The van der Waals surface area contributed by atoms with Crippen LogP contribution in [0.1, 0.15) is 0 Å². The number of alkyl halides is 2. The molecule has 0 bridgehead atoms. The maximum Gasteiger partial charge on any atom is 0.255 e. The maximum atomic E-state index is 13.9.